The van der Waals surface area contributed by atoms with Crippen LogP contribution in [0.25, 0.3) is 0 Å². The molecule has 0 heterocycles. The molecule has 13 heavy (non-hydrogen) atoms. The smallest absolute Gasteiger partial charge is 0.323 e. The van der Waals surface area contributed by atoms with E-state index in [0.29, 0.717) is 5.75 Å². The van der Waals surface area contributed by atoms with Gasteiger partial charge in [0.05, 0.1) is 7.11 Å². The van der Waals surface area contributed by atoms with Gasteiger partial charge in [0.1, 0.15) is 6.04 Å². The van der Waals surface area contributed by atoms with Gasteiger partial charge in [0.25, 0.3) is 0 Å². The van der Waals surface area contributed by atoms with Crippen LogP contribution in [-0.4, -0.2) is 30.6 Å². The average molecular weight is 201 g/mol. The van der Waals surface area contributed by atoms with Crippen LogP contribution in [0.1, 0.15) is 13.3 Å². The van der Waals surface area contributed by atoms with E-state index >= 15 is 0 Å². The first kappa shape index (κ1) is 12.3. The summed E-state index contributed by atoms with van der Waals surface area (Å²) >= 11 is 1.62. The molecule has 2 N–H and O–H groups in total. The lowest BCUT2D eigenvalue weighted by Crippen LogP contribution is -2.33. The molecule has 0 aliphatic rings. The summed E-state index contributed by atoms with van der Waals surface area (Å²) in [5, 5.41) is 0. The minimum atomic E-state index is -0.510. The van der Waals surface area contributed by atoms with Gasteiger partial charge >= 0.3 is 5.97 Å². The molecule has 4 heteroatoms. The lowest BCUT2D eigenvalue weighted by atomic mass is 10.4. The van der Waals surface area contributed by atoms with Gasteiger partial charge in [-0.2, -0.15) is 11.8 Å². The van der Waals surface area contributed by atoms with Gasteiger partial charge in [-0.15, -0.1) is 11.8 Å². The fourth-order valence-corrected chi connectivity index (χ4v) is 1.48. The number of carbonyl (C=O) groups is 1. The highest BCUT2D eigenvalue weighted by atomic mass is 32.2. The summed E-state index contributed by atoms with van der Waals surface area (Å²) in [4.78, 5) is 10.8. The molecule has 0 fully saturated rings. The van der Waals surface area contributed by atoms with Gasteiger partial charge in [0.2, 0.25) is 0 Å². The molecule has 74 valence electrons. The highest BCUT2D eigenvalue weighted by molar-refractivity contribution is 7.99. The molecule has 1 atom stereocenters. The van der Waals surface area contributed by atoms with Crippen LogP contribution in [0.4, 0.5) is 0 Å². The first-order valence-electron chi connectivity index (χ1n) is 4.03. The molecule has 1 unspecified atom stereocenters. The van der Waals surface area contributed by atoms with Crippen molar-refractivity contribution in [3.8, 4) is 11.8 Å². The van der Waals surface area contributed by atoms with Crippen LogP contribution in [0.3, 0.4) is 0 Å². The highest BCUT2D eigenvalue weighted by Crippen LogP contribution is 2.03. The summed E-state index contributed by atoms with van der Waals surface area (Å²) in [6, 6.07) is -0.510. The topological polar surface area (TPSA) is 52.3 Å². The molecule has 0 amide bonds. The first-order valence-corrected chi connectivity index (χ1v) is 5.18. The Morgan fingerprint density at radius 1 is 1.69 bits per heavy atom. The van der Waals surface area contributed by atoms with Crippen molar-refractivity contribution < 1.29 is 9.53 Å². The fourth-order valence-electron chi connectivity index (χ4n) is 0.678. The monoisotopic (exact) mass is 201 g/mol. The second-order valence-electron chi connectivity index (χ2n) is 2.38. The molecule has 0 saturated carbocycles. The zero-order chi connectivity index (χ0) is 10.1. The number of nitrogens with two attached hydrogens (primary N) is 1. The normalized spacial score (nSPS) is 11.3. The van der Waals surface area contributed by atoms with Crippen LogP contribution in [0.15, 0.2) is 0 Å². The van der Waals surface area contributed by atoms with Gasteiger partial charge in [-0.05, 0) is 6.92 Å². The maximum Gasteiger partial charge on any atom is 0.323 e. The van der Waals surface area contributed by atoms with Crippen LogP contribution < -0.4 is 5.73 Å². The molecule has 0 aromatic heterocycles. The number of ether oxygens (including phenoxy) is 1. The molecule has 0 aliphatic carbocycles. The van der Waals surface area contributed by atoms with E-state index in [1.165, 1.54) is 7.11 Å². The summed E-state index contributed by atoms with van der Waals surface area (Å²) in [5.74, 6) is 6.89. The molecule has 3 nitrogen and oxygen atoms in total. The molecule has 0 radical (unpaired) electrons. The van der Waals surface area contributed by atoms with Crippen LogP contribution in [0.2, 0.25) is 0 Å². The number of methoxy groups -OCH3 is 1. The third kappa shape index (κ3) is 6.50. The van der Waals surface area contributed by atoms with Gasteiger partial charge in [0, 0.05) is 17.9 Å². The largest absolute Gasteiger partial charge is 0.468 e. The van der Waals surface area contributed by atoms with Crippen molar-refractivity contribution in [2.75, 3.05) is 18.6 Å². The maximum absolute atomic E-state index is 10.8. The van der Waals surface area contributed by atoms with E-state index in [4.69, 9.17) is 5.73 Å². The summed E-state index contributed by atoms with van der Waals surface area (Å²) in [6.45, 7) is 1.81. The Labute approximate surface area is 83.4 Å². The predicted octanol–water partition coefficient (Wildman–Crippen LogP) is 0.633. The van der Waals surface area contributed by atoms with Crippen molar-refractivity contribution in [3.05, 3.63) is 0 Å². The molecule has 0 aromatic rings. The average Bonchev–Trinajstić information content (AvgIpc) is 2.16. The fraction of sp³-hybridized carbons (Fsp3) is 0.667. The Morgan fingerprint density at radius 2 is 2.38 bits per heavy atom. The second kappa shape index (κ2) is 7.96. The first-order chi connectivity index (χ1) is 6.22. The van der Waals surface area contributed by atoms with Gasteiger partial charge < -0.3 is 10.5 Å². The van der Waals surface area contributed by atoms with Gasteiger partial charge in [-0.1, -0.05) is 0 Å². The number of hydrogen-bond acceptors (Lipinski definition) is 4. The van der Waals surface area contributed by atoms with E-state index in [1.54, 1.807) is 11.8 Å². The lowest BCUT2D eigenvalue weighted by Gasteiger charge is -2.07. The SMILES string of the molecule is CC#CCCSCC(N)C(=O)OC. The molecule has 0 saturated heterocycles. The Bertz CT molecular complexity index is 207. The van der Waals surface area contributed by atoms with E-state index in [0.717, 1.165) is 12.2 Å². The summed E-state index contributed by atoms with van der Waals surface area (Å²) in [6.07, 6.45) is 0.842. The molecule has 0 bridgehead atoms. The second-order valence-corrected chi connectivity index (χ2v) is 3.53. The Morgan fingerprint density at radius 3 is 2.92 bits per heavy atom. The van der Waals surface area contributed by atoms with Crippen molar-refractivity contribution >= 4 is 17.7 Å². The third-order valence-corrected chi connectivity index (χ3v) is 2.44. The number of carbonyl (C=O) groups excluding carboxylic acids is 1. The summed E-state index contributed by atoms with van der Waals surface area (Å²) in [5.41, 5.74) is 5.51. The van der Waals surface area contributed by atoms with E-state index in [9.17, 15) is 4.79 Å². The molecule has 0 spiro atoms. The highest BCUT2D eigenvalue weighted by Gasteiger charge is 2.12. The van der Waals surface area contributed by atoms with Crippen molar-refractivity contribution in [3.63, 3.8) is 0 Å². The van der Waals surface area contributed by atoms with Crippen LogP contribution in [0, 0.1) is 11.8 Å². The summed E-state index contributed by atoms with van der Waals surface area (Å²) < 4.78 is 4.48. The van der Waals surface area contributed by atoms with Crippen molar-refractivity contribution in [1.29, 1.82) is 0 Å². The van der Waals surface area contributed by atoms with E-state index in [2.05, 4.69) is 16.6 Å². The molecule has 0 aromatic carbocycles. The van der Waals surface area contributed by atoms with Crippen molar-refractivity contribution in [2.24, 2.45) is 5.73 Å². The molecular formula is C9H15NO2S. The van der Waals surface area contributed by atoms with Crippen molar-refractivity contribution in [2.45, 2.75) is 19.4 Å². The minimum Gasteiger partial charge on any atom is -0.468 e. The van der Waals surface area contributed by atoms with Gasteiger partial charge in [0.15, 0.2) is 0 Å². The molecule has 0 aliphatic heterocycles. The number of thioether (sulfide) groups is 1. The van der Waals surface area contributed by atoms with Gasteiger partial charge in [-0.3, -0.25) is 4.79 Å². The van der Waals surface area contributed by atoms with E-state index < -0.39 is 6.04 Å². The number of esters is 1. The zero-order valence-corrected chi connectivity index (χ0v) is 8.82. The van der Waals surface area contributed by atoms with Crippen LogP contribution in [-0.2, 0) is 9.53 Å². The third-order valence-electron chi connectivity index (χ3n) is 1.35. The lowest BCUT2D eigenvalue weighted by molar-refractivity contribution is -0.141. The van der Waals surface area contributed by atoms with E-state index in [-0.39, 0.29) is 5.97 Å². The summed E-state index contributed by atoms with van der Waals surface area (Å²) in [7, 11) is 1.34. The zero-order valence-electron chi connectivity index (χ0n) is 8.00. The molecule has 0 rings (SSSR count). The predicted molar refractivity (Wildman–Crippen MR) is 55.4 cm³/mol. The van der Waals surface area contributed by atoms with E-state index in [1.807, 2.05) is 6.92 Å². The Hall–Kier alpha value is -0.660. The van der Waals surface area contributed by atoms with Gasteiger partial charge in [-0.25, -0.2) is 0 Å². The van der Waals surface area contributed by atoms with Crippen LogP contribution >= 0.6 is 11.8 Å². The standard InChI is InChI=1S/C9H15NO2S/c1-3-4-5-6-13-7-8(10)9(11)12-2/h8H,5-7,10H2,1-2H3. The minimum absolute atomic E-state index is 0.353. The maximum atomic E-state index is 10.8. The number of rotatable bonds is 5. The Balaban J connectivity index is 3.40. The van der Waals surface area contributed by atoms with Crippen molar-refractivity contribution in [1.82, 2.24) is 0 Å². The number of hydrogen-bond donors (Lipinski definition) is 1. The van der Waals surface area contributed by atoms with Crippen LogP contribution in [0.5, 0.6) is 0 Å². The molecular weight excluding hydrogens is 186 g/mol. The quantitative estimate of drug-likeness (QED) is 0.403. The Kier molecular flexibility index (Phi) is 7.56.